The van der Waals surface area contributed by atoms with Gasteiger partial charge in [0, 0.05) is 17.0 Å². The highest BCUT2D eigenvalue weighted by Gasteiger charge is 2.03. The van der Waals surface area contributed by atoms with Crippen LogP contribution < -0.4 is 0 Å². The van der Waals surface area contributed by atoms with Crippen LogP contribution in [0.5, 0.6) is 0 Å². The number of hydrogen-bond acceptors (Lipinski definition) is 2. The van der Waals surface area contributed by atoms with Gasteiger partial charge in [-0.3, -0.25) is 4.98 Å². The van der Waals surface area contributed by atoms with Crippen molar-refractivity contribution in [3.05, 3.63) is 60.8 Å². The lowest BCUT2D eigenvalue weighted by molar-refractivity contribution is 1.38. The number of pyridine rings is 2. The van der Waals surface area contributed by atoms with Crippen LogP contribution in [0.3, 0.4) is 0 Å². The Morgan fingerprint density at radius 1 is 0.722 bits per heavy atom. The molecule has 0 aliphatic carbocycles. The summed E-state index contributed by atoms with van der Waals surface area (Å²) in [5.41, 5.74) is 2.94. The smallest absolute Gasteiger partial charge is 0.0894 e. The minimum absolute atomic E-state index is 0.945. The van der Waals surface area contributed by atoms with Gasteiger partial charge in [0.25, 0.3) is 0 Å². The first-order valence-electron chi connectivity index (χ1n) is 5.95. The molecule has 4 rings (SSSR count). The number of benzene rings is 2. The van der Waals surface area contributed by atoms with Crippen LogP contribution in [0.4, 0.5) is 0 Å². The Bertz CT molecular complexity index is 875. The third-order valence-corrected chi connectivity index (χ3v) is 3.27. The molecular weight excluding hydrogens is 220 g/mol. The van der Waals surface area contributed by atoms with Gasteiger partial charge in [0.1, 0.15) is 0 Å². The second-order valence-corrected chi connectivity index (χ2v) is 4.39. The number of fused-ring (bicyclic) bond motifs is 4. The highest BCUT2D eigenvalue weighted by atomic mass is 14.7. The maximum atomic E-state index is 4.74. The Morgan fingerprint density at radius 2 is 1.61 bits per heavy atom. The average molecular weight is 230 g/mol. The maximum absolute atomic E-state index is 4.74. The van der Waals surface area contributed by atoms with Gasteiger partial charge in [-0.15, -0.1) is 0 Å². The monoisotopic (exact) mass is 230 g/mol. The third kappa shape index (κ3) is 1.29. The molecular formula is C16H10N2. The van der Waals surface area contributed by atoms with Crippen molar-refractivity contribution >= 4 is 32.7 Å². The molecule has 0 N–H and O–H groups in total. The van der Waals surface area contributed by atoms with E-state index in [1.165, 1.54) is 10.8 Å². The van der Waals surface area contributed by atoms with Gasteiger partial charge in [-0.25, -0.2) is 4.98 Å². The van der Waals surface area contributed by atoms with Crippen LogP contribution >= 0.6 is 0 Å². The Hall–Kier alpha value is -2.48. The van der Waals surface area contributed by atoms with Crippen molar-refractivity contribution in [2.24, 2.45) is 0 Å². The van der Waals surface area contributed by atoms with E-state index in [1.54, 1.807) is 6.20 Å². The third-order valence-electron chi connectivity index (χ3n) is 3.27. The van der Waals surface area contributed by atoms with E-state index in [-0.39, 0.29) is 0 Å². The van der Waals surface area contributed by atoms with E-state index in [0.717, 1.165) is 21.9 Å². The maximum Gasteiger partial charge on any atom is 0.0894 e. The van der Waals surface area contributed by atoms with E-state index < -0.39 is 0 Å². The van der Waals surface area contributed by atoms with Crippen LogP contribution in [0, 0.1) is 0 Å². The second kappa shape index (κ2) is 3.50. The molecule has 0 atom stereocenters. The predicted octanol–water partition coefficient (Wildman–Crippen LogP) is 3.94. The Morgan fingerprint density at radius 3 is 2.61 bits per heavy atom. The van der Waals surface area contributed by atoms with Crippen LogP contribution in [-0.2, 0) is 0 Å². The van der Waals surface area contributed by atoms with Crippen LogP contribution in [0.2, 0.25) is 0 Å². The first kappa shape index (κ1) is 9.54. The highest BCUT2D eigenvalue weighted by molar-refractivity contribution is 6.07. The fourth-order valence-electron chi connectivity index (χ4n) is 2.40. The van der Waals surface area contributed by atoms with Crippen molar-refractivity contribution in [3.63, 3.8) is 0 Å². The van der Waals surface area contributed by atoms with E-state index in [0.29, 0.717) is 0 Å². The molecule has 2 aromatic carbocycles. The molecule has 18 heavy (non-hydrogen) atoms. The van der Waals surface area contributed by atoms with Gasteiger partial charge in [-0.1, -0.05) is 36.4 Å². The Labute approximate surface area is 104 Å². The number of aromatic nitrogens is 2. The summed E-state index contributed by atoms with van der Waals surface area (Å²) in [6.07, 6.45) is 1.80. The summed E-state index contributed by atoms with van der Waals surface area (Å²) in [6, 6.07) is 18.6. The highest BCUT2D eigenvalue weighted by Crippen LogP contribution is 2.25. The fraction of sp³-hybridized carbons (Fsp3) is 0. The molecule has 0 bridgehead atoms. The largest absolute Gasteiger partial charge is 0.255 e. The first-order chi connectivity index (χ1) is 8.92. The molecule has 0 spiro atoms. The molecule has 0 radical (unpaired) electrons. The fourth-order valence-corrected chi connectivity index (χ4v) is 2.40. The Balaban J connectivity index is 2.27. The molecule has 0 aliphatic heterocycles. The van der Waals surface area contributed by atoms with E-state index >= 15 is 0 Å². The van der Waals surface area contributed by atoms with Crippen LogP contribution in [0.25, 0.3) is 32.7 Å². The molecule has 0 amide bonds. The summed E-state index contributed by atoms with van der Waals surface area (Å²) in [5, 5.41) is 3.56. The molecule has 2 heterocycles. The minimum atomic E-state index is 0.945. The summed E-state index contributed by atoms with van der Waals surface area (Å²) in [4.78, 5) is 9.09. The lowest BCUT2D eigenvalue weighted by Gasteiger charge is -2.04. The van der Waals surface area contributed by atoms with Crippen LogP contribution in [0.1, 0.15) is 0 Å². The van der Waals surface area contributed by atoms with Crippen LogP contribution in [0.15, 0.2) is 60.8 Å². The minimum Gasteiger partial charge on any atom is -0.255 e. The predicted molar refractivity (Wildman–Crippen MR) is 74.6 cm³/mol. The molecule has 0 aliphatic rings. The normalized spacial score (nSPS) is 11.3. The summed E-state index contributed by atoms with van der Waals surface area (Å²) in [6.45, 7) is 0. The summed E-state index contributed by atoms with van der Waals surface area (Å²) >= 11 is 0. The zero-order chi connectivity index (χ0) is 11.9. The molecule has 4 aromatic rings. The van der Waals surface area contributed by atoms with Gasteiger partial charge >= 0.3 is 0 Å². The zero-order valence-corrected chi connectivity index (χ0v) is 9.67. The summed E-state index contributed by atoms with van der Waals surface area (Å²) < 4.78 is 0. The lowest BCUT2D eigenvalue weighted by atomic mass is 10.1. The summed E-state index contributed by atoms with van der Waals surface area (Å²) in [5.74, 6) is 0. The summed E-state index contributed by atoms with van der Waals surface area (Å²) in [7, 11) is 0. The zero-order valence-electron chi connectivity index (χ0n) is 9.67. The van der Waals surface area contributed by atoms with Gasteiger partial charge < -0.3 is 0 Å². The van der Waals surface area contributed by atoms with Crippen molar-refractivity contribution in [1.29, 1.82) is 0 Å². The lowest BCUT2D eigenvalue weighted by Crippen LogP contribution is -1.86. The van der Waals surface area contributed by atoms with E-state index in [4.69, 9.17) is 4.98 Å². The van der Waals surface area contributed by atoms with Crippen molar-refractivity contribution in [2.75, 3.05) is 0 Å². The number of nitrogens with zero attached hydrogens (tertiary/aromatic N) is 2. The van der Waals surface area contributed by atoms with E-state index in [2.05, 4.69) is 47.4 Å². The van der Waals surface area contributed by atoms with E-state index in [1.807, 2.05) is 12.1 Å². The second-order valence-electron chi connectivity index (χ2n) is 4.39. The van der Waals surface area contributed by atoms with Gasteiger partial charge in [-0.2, -0.15) is 0 Å². The molecule has 0 unspecified atom stereocenters. The quantitative estimate of drug-likeness (QED) is 0.338. The van der Waals surface area contributed by atoms with Gasteiger partial charge in [0.2, 0.25) is 0 Å². The topological polar surface area (TPSA) is 25.8 Å². The van der Waals surface area contributed by atoms with Crippen molar-refractivity contribution in [2.45, 2.75) is 0 Å². The Kier molecular flexibility index (Phi) is 1.86. The van der Waals surface area contributed by atoms with Crippen molar-refractivity contribution < 1.29 is 0 Å². The van der Waals surface area contributed by atoms with E-state index in [9.17, 15) is 0 Å². The van der Waals surface area contributed by atoms with Gasteiger partial charge in [0.05, 0.1) is 16.6 Å². The van der Waals surface area contributed by atoms with Crippen molar-refractivity contribution in [3.8, 4) is 0 Å². The molecule has 2 heteroatoms. The molecule has 0 saturated heterocycles. The molecule has 0 fully saturated rings. The molecule has 2 nitrogen and oxygen atoms in total. The average Bonchev–Trinajstić information content (AvgIpc) is 2.45. The number of hydrogen-bond donors (Lipinski definition) is 0. The SMILES string of the molecule is c1ccc2c(c1)ccc1cc3ncccc3nc12. The van der Waals surface area contributed by atoms with Gasteiger partial charge in [0.15, 0.2) is 0 Å². The molecule has 2 aromatic heterocycles. The standard InChI is InChI=1S/C16H10N2/c1-2-5-13-11(4-1)7-8-12-10-15-14(18-16(12)13)6-3-9-17-15/h1-10H. The van der Waals surface area contributed by atoms with Crippen LogP contribution in [-0.4, -0.2) is 9.97 Å². The number of rotatable bonds is 0. The molecule has 0 saturated carbocycles. The van der Waals surface area contributed by atoms with Crippen molar-refractivity contribution in [1.82, 2.24) is 9.97 Å². The first-order valence-corrected chi connectivity index (χ1v) is 5.95. The molecule has 84 valence electrons. The van der Waals surface area contributed by atoms with Gasteiger partial charge in [-0.05, 0) is 23.6 Å².